The van der Waals surface area contributed by atoms with Crippen LogP contribution in [0.4, 0.5) is 0 Å². The summed E-state index contributed by atoms with van der Waals surface area (Å²) in [6.07, 6.45) is 1.59. The normalized spacial score (nSPS) is 9.76. The van der Waals surface area contributed by atoms with Crippen molar-refractivity contribution < 1.29 is 14.3 Å². The summed E-state index contributed by atoms with van der Waals surface area (Å²) in [5.41, 5.74) is 6.31. The van der Waals surface area contributed by atoms with Gasteiger partial charge in [0.1, 0.15) is 5.76 Å². The van der Waals surface area contributed by atoms with Crippen molar-refractivity contribution in [3.8, 4) is 5.75 Å². The average Bonchev–Trinajstić information content (AvgIpc) is 2.28. The lowest BCUT2D eigenvalue weighted by Crippen LogP contribution is -2.15. The van der Waals surface area contributed by atoms with E-state index in [1.807, 2.05) is 6.92 Å². The molecule has 2 N–H and O–H groups in total. The summed E-state index contributed by atoms with van der Waals surface area (Å²) >= 11 is 0. The minimum absolute atomic E-state index is 0.0242. The Morgan fingerprint density at radius 2 is 2.29 bits per heavy atom. The van der Waals surface area contributed by atoms with Crippen molar-refractivity contribution in [1.29, 1.82) is 0 Å². The number of primary amides is 1. The largest absolute Gasteiger partial charge is 0.494 e. The van der Waals surface area contributed by atoms with E-state index in [0.717, 1.165) is 0 Å². The standard InChI is InChI=1S/C12H16N2O3/c1-4-17-8(2)9-5-6-14-10(7-11(13)15)12(9)16-3/h5-6H,2,4,7H2,1,3H3,(H2,13,15). The summed E-state index contributed by atoms with van der Waals surface area (Å²) in [6, 6.07) is 1.72. The van der Waals surface area contributed by atoms with Crippen molar-refractivity contribution in [3.63, 3.8) is 0 Å². The Hall–Kier alpha value is -2.04. The molecule has 17 heavy (non-hydrogen) atoms. The highest BCUT2D eigenvalue weighted by atomic mass is 16.5. The van der Waals surface area contributed by atoms with E-state index >= 15 is 0 Å². The second-order valence-electron chi connectivity index (χ2n) is 3.34. The number of pyridine rings is 1. The van der Waals surface area contributed by atoms with Crippen LogP contribution >= 0.6 is 0 Å². The van der Waals surface area contributed by atoms with Gasteiger partial charge in [0.15, 0.2) is 5.75 Å². The number of ether oxygens (including phenoxy) is 2. The summed E-state index contributed by atoms with van der Waals surface area (Å²) in [7, 11) is 1.50. The fraction of sp³-hybridized carbons (Fsp3) is 0.333. The summed E-state index contributed by atoms with van der Waals surface area (Å²) in [6.45, 7) is 6.17. The number of nitrogens with zero attached hydrogens (tertiary/aromatic N) is 1. The predicted octanol–water partition coefficient (Wildman–Crippen LogP) is 1.13. The molecule has 0 atom stereocenters. The molecule has 0 aliphatic heterocycles. The van der Waals surface area contributed by atoms with Crippen molar-refractivity contribution in [1.82, 2.24) is 4.98 Å². The summed E-state index contributed by atoms with van der Waals surface area (Å²) in [5.74, 6) is 0.497. The lowest BCUT2D eigenvalue weighted by Gasteiger charge is -2.13. The molecule has 1 aromatic heterocycles. The molecule has 0 saturated carbocycles. The molecule has 0 radical (unpaired) electrons. The molecule has 0 saturated heterocycles. The highest BCUT2D eigenvalue weighted by molar-refractivity contribution is 5.78. The number of carbonyl (C=O) groups is 1. The van der Waals surface area contributed by atoms with Gasteiger partial charge in [-0.2, -0.15) is 0 Å². The van der Waals surface area contributed by atoms with Gasteiger partial charge in [0.2, 0.25) is 5.91 Å². The fourth-order valence-electron chi connectivity index (χ4n) is 1.48. The molecule has 0 aliphatic rings. The lowest BCUT2D eigenvalue weighted by atomic mass is 10.1. The van der Waals surface area contributed by atoms with Crippen molar-refractivity contribution in [3.05, 3.63) is 30.1 Å². The number of methoxy groups -OCH3 is 1. The van der Waals surface area contributed by atoms with Crippen LogP contribution in [0.2, 0.25) is 0 Å². The number of amides is 1. The number of carbonyl (C=O) groups excluding carboxylic acids is 1. The number of hydrogen-bond acceptors (Lipinski definition) is 4. The van der Waals surface area contributed by atoms with Crippen molar-refractivity contribution in [2.45, 2.75) is 13.3 Å². The van der Waals surface area contributed by atoms with Gasteiger partial charge in [0, 0.05) is 6.20 Å². The van der Waals surface area contributed by atoms with Crippen LogP contribution in [0.1, 0.15) is 18.2 Å². The first-order chi connectivity index (χ1) is 8.10. The molecular weight excluding hydrogens is 220 g/mol. The van der Waals surface area contributed by atoms with Gasteiger partial charge in [0.05, 0.1) is 31.4 Å². The van der Waals surface area contributed by atoms with Crippen molar-refractivity contribution in [2.75, 3.05) is 13.7 Å². The quantitative estimate of drug-likeness (QED) is 0.751. The maximum atomic E-state index is 10.9. The van der Waals surface area contributed by atoms with Crippen LogP contribution in [0.15, 0.2) is 18.8 Å². The predicted molar refractivity (Wildman–Crippen MR) is 64.3 cm³/mol. The van der Waals surface area contributed by atoms with E-state index in [1.54, 1.807) is 12.3 Å². The molecule has 0 fully saturated rings. The molecule has 5 heteroatoms. The summed E-state index contributed by atoms with van der Waals surface area (Å²) in [5, 5.41) is 0. The van der Waals surface area contributed by atoms with Crippen LogP contribution < -0.4 is 10.5 Å². The highest BCUT2D eigenvalue weighted by Gasteiger charge is 2.15. The molecule has 1 aromatic rings. The van der Waals surface area contributed by atoms with E-state index in [-0.39, 0.29) is 6.42 Å². The van der Waals surface area contributed by atoms with Gasteiger partial charge in [-0.1, -0.05) is 6.58 Å². The van der Waals surface area contributed by atoms with Gasteiger partial charge in [-0.05, 0) is 13.0 Å². The van der Waals surface area contributed by atoms with E-state index in [0.29, 0.717) is 29.4 Å². The minimum Gasteiger partial charge on any atom is -0.494 e. The first kappa shape index (κ1) is 13.0. The van der Waals surface area contributed by atoms with Gasteiger partial charge in [-0.3, -0.25) is 9.78 Å². The molecule has 1 amide bonds. The van der Waals surface area contributed by atoms with Crippen LogP contribution in [0.25, 0.3) is 5.76 Å². The van der Waals surface area contributed by atoms with Crippen LogP contribution in [-0.4, -0.2) is 24.6 Å². The Bertz CT molecular complexity index is 430. The third kappa shape index (κ3) is 3.21. The molecule has 92 valence electrons. The maximum Gasteiger partial charge on any atom is 0.223 e. The number of rotatable bonds is 6. The van der Waals surface area contributed by atoms with Crippen LogP contribution in [-0.2, 0) is 16.0 Å². The van der Waals surface area contributed by atoms with Gasteiger partial charge in [-0.15, -0.1) is 0 Å². The van der Waals surface area contributed by atoms with E-state index in [2.05, 4.69) is 11.6 Å². The first-order valence-corrected chi connectivity index (χ1v) is 5.22. The molecule has 5 nitrogen and oxygen atoms in total. The fourth-order valence-corrected chi connectivity index (χ4v) is 1.48. The molecule has 0 spiro atoms. The Labute approximate surface area is 100 Å². The molecule has 0 aromatic carbocycles. The van der Waals surface area contributed by atoms with Gasteiger partial charge < -0.3 is 15.2 Å². The maximum absolute atomic E-state index is 10.9. The molecule has 1 heterocycles. The van der Waals surface area contributed by atoms with E-state index in [9.17, 15) is 4.79 Å². The Morgan fingerprint density at radius 1 is 1.59 bits per heavy atom. The van der Waals surface area contributed by atoms with E-state index < -0.39 is 5.91 Å². The van der Waals surface area contributed by atoms with E-state index in [1.165, 1.54) is 7.11 Å². The van der Waals surface area contributed by atoms with Crippen LogP contribution in [0, 0.1) is 0 Å². The third-order valence-corrected chi connectivity index (χ3v) is 2.14. The Balaban J connectivity index is 3.13. The zero-order chi connectivity index (χ0) is 12.8. The van der Waals surface area contributed by atoms with Crippen molar-refractivity contribution in [2.24, 2.45) is 5.73 Å². The molecular formula is C12H16N2O3. The summed E-state index contributed by atoms with van der Waals surface area (Å²) in [4.78, 5) is 15.0. The molecule has 0 bridgehead atoms. The number of nitrogens with two attached hydrogens (primary N) is 1. The average molecular weight is 236 g/mol. The zero-order valence-corrected chi connectivity index (χ0v) is 10.0. The second kappa shape index (κ2) is 5.89. The minimum atomic E-state index is -0.463. The number of hydrogen-bond donors (Lipinski definition) is 1. The SMILES string of the molecule is C=C(OCC)c1ccnc(CC(N)=O)c1OC. The second-order valence-corrected chi connectivity index (χ2v) is 3.34. The Morgan fingerprint density at radius 3 is 2.82 bits per heavy atom. The van der Waals surface area contributed by atoms with Crippen LogP contribution in [0.5, 0.6) is 5.75 Å². The molecule has 0 aliphatic carbocycles. The van der Waals surface area contributed by atoms with Crippen molar-refractivity contribution >= 4 is 11.7 Å². The first-order valence-electron chi connectivity index (χ1n) is 5.22. The number of aromatic nitrogens is 1. The van der Waals surface area contributed by atoms with Gasteiger partial charge in [0.25, 0.3) is 0 Å². The zero-order valence-electron chi connectivity index (χ0n) is 10.0. The molecule has 1 rings (SSSR count). The topological polar surface area (TPSA) is 74.4 Å². The summed E-state index contributed by atoms with van der Waals surface area (Å²) < 4.78 is 10.5. The van der Waals surface area contributed by atoms with Gasteiger partial charge in [-0.25, -0.2) is 0 Å². The smallest absolute Gasteiger partial charge is 0.223 e. The lowest BCUT2D eigenvalue weighted by molar-refractivity contribution is -0.117. The highest BCUT2D eigenvalue weighted by Crippen LogP contribution is 2.28. The van der Waals surface area contributed by atoms with E-state index in [4.69, 9.17) is 15.2 Å². The molecule has 0 unspecified atom stereocenters. The third-order valence-electron chi connectivity index (χ3n) is 2.14. The van der Waals surface area contributed by atoms with Gasteiger partial charge >= 0.3 is 0 Å². The monoisotopic (exact) mass is 236 g/mol. The van der Waals surface area contributed by atoms with Crippen LogP contribution in [0.3, 0.4) is 0 Å². The Kier molecular flexibility index (Phi) is 4.51.